The van der Waals surface area contributed by atoms with Crippen molar-refractivity contribution in [2.45, 2.75) is 31.7 Å². The summed E-state index contributed by atoms with van der Waals surface area (Å²) in [7, 11) is 1.57. The summed E-state index contributed by atoms with van der Waals surface area (Å²) in [6.45, 7) is 0.792. The quantitative estimate of drug-likeness (QED) is 0.755. The third-order valence-electron chi connectivity index (χ3n) is 3.54. The van der Waals surface area contributed by atoms with Crippen molar-refractivity contribution < 1.29 is 9.53 Å². The number of hydrogen-bond donors (Lipinski definition) is 0. The number of hydrogen-bond acceptors (Lipinski definition) is 3. The molecule has 1 saturated carbocycles. The van der Waals surface area contributed by atoms with E-state index in [2.05, 4.69) is 20.9 Å². The number of carbonyl (C=O) groups excluding carboxylic acids is 1. The molecular formula is C14H19BrN2O2. The van der Waals surface area contributed by atoms with Gasteiger partial charge in [0.25, 0.3) is 5.91 Å². The molecule has 1 fully saturated rings. The van der Waals surface area contributed by atoms with E-state index in [1.807, 2.05) is 4.90 Å². The molecule has 19 heavy (non-hydrogen) atoms. The molecule has 0 aromatic carbocycles. The molecule has 1 aliphatic carbocycles. The van der Waals surface area contributed by atoms with E-state index in [-0.39, 0.29) is 5.91 Å². The summed E-state index contributed by atoms with van der Waals surface area (Å²) in [5.41, 5.74) is 0.610. The lowest BCUT2D eigenvalue weighted by atomic mass is 9.91. The highest BCUT2D eigenvalue weighted by atomic mass is 79.9. The smallest absolute Gasteiger partial charge is 0.257 e. The second-order valence-corrected chi connectivity index (χ2v) is 5.49. The number of ether oxygens (including phenoxy) is 1. The van der Waals surface area contributed by atoms with Crippen LogP contribution < -0.4 is 4.74 Å². The first kappa shape index (κ1) is 14.3. The van der Waals surface area contributed by atoms with E-state index in [9.17, 15) is 4.79 Å². The Morgan fingerprint density at radius 3 is 2.95 bits per heavy atom. The van der Waals surface area contributed by atoms with Gasteiger partial charge in [0.1, 0.15) is 5.75 Å². The molecule has 0 spiro atoms. The molecule has 0 radical (unpaired) electrons. The van der Waals surface area contributed by atoms with Crippen LogP contribution in [0, 0.1) is 0 Å². The van der Waals surface area contributed by atoms with Crippen molar-refractivity contribution in [1.29, 1.82) is 0 Å². The Kier molecular flexibility index (Phi) is 5.19. The zero-order valence-corrected chi connectivity index (χ0v) is 12.7. The highest BCUT2D eigenvalue weighted by Gasteiger charge is 2.30. The third kappa shape index (κ3) is 3.26. The fourth-order valence-corrected chi connectivity index (χ4v) is 2.50. The number of halogens is 1. The van der Waals surface area contributed by atoms with Crippen LogP contribution in [0.3, 0.4) is 0 Å². The van der Waals surface area contributed by atoms with E-state index < -0.39 is 0 Å². The average molecular weight is 327 g/mol. The van der Waals surface area contributed by atoms with Gasteiger partial charge in [-0.3, -0.25) is 9.78 Å². The Bertz CT molecular complexity index is 435. The summed E-state index contributed by atoms with van der Waals surface area (Å²) in [5, 5.41) is 0.914. The Morgan fingerprint density at radius 1 is 1.58 bits per heavy atom. The van der Waals surface area contributed by atoms with Gasteiger partial charge in [0.2, 0.25) is 0 Å². The summed E-state index contributed by atoms with van der Waals surface area (Å²) in [6, 6.07) is 2.13. The number of aromatic nitrogens is 1. The van der Waals surface area contributed by atoms with E-state index in [0.29, 0.717) is 17.4 Å². The summed E-state index contributed by atoms with van der Waals surface area (Å²) < 4.78 is 5.23. The number of rotatable bonds is 6. The second kappa shape index (κ2) is 6.89. The van der Waals surface area contributed by atoms with E-state index in [0.717, 1.165) is 31.1 Å². The number of carbonyl (C=O) groups is 1. The standard InChI is InChI=1S/C14H19BrN2O2/c1-19-13-10-16-8-6-12(13)14(18)17(9-3-7-15)11-4-2-5-11/h6,8,10-11H,2-5,7,9H2,1H3. The Labute approximate surface area is 122 Å². The molecule has 1 heterocycles. The lowest BCUT2D eigenvalue weighted by molar-refractivity contribution is 0.0577. The average Bonchev–Trinajstić information content (AvgIpc) is 2.40. The molecule has 1 aromatic rings. The van der Waals surface area contributed by atoms with Crippen LogP contribution >= 0.6 is 15.9 Å². The largest absolute Gasteiger partial charge is 0.494 e. The van der Waals surface area contributed by atoms with Crippen LogP contribution in [0.25, 0.3) is 0 Å². The first-order valence-corrected chi connectivity index (χ1v) is 7.75. The zero-order chi connectivity index (χ0) is 13.7. The Morgan fingerprint density at radius 2 is 2.37 bits per heavy atom. The molecular weight excluding hydrogens is 308 g/mol. The maximum atomic E-state index is 12.7. The summed E-state index contributed by atoms with van der Waals surface area (Å²) in [6.07, 6.45) is 7.64. The Hall–Kier alpha value is -1.10. The van der Waals surface area contributed by atoms with Crippen molar-refractivity contribution in [3.8, 4) is 5.75 Å². The van der Waals surface area contributed by atoms with Crippen molar-refractivity contribution in [1.82, 2.24) is 9.88 Å². The summed E-state index contributed by atoms with van der Waals surface area (Å²) >= 11 is 3.43. The highest BCUT2D eigenvalue weighted by molar-refractivity contribution is 9.09. The van der Waals surface area contributed by atoms with Crippen LogP contribution in [0.4, 0.5) is 0 Å². The van der Waals surface area contributed by atoms with Crippen molar-refractivity contribution in [3.63, 3.8) is 0 Å². The molecule has 104 valence electrons. The van der Waals surface area contributed by atoms with E-state index in [4.69, 9.17) is 4.74 Å². The van der Waals surface area contributed by atoms with Crippen molar-refractivity contribution in [2.75, 3.05) is 19.0 Å². The van der Waals surface area contributed by atoms with Gasteiger partial charge in [0.05, 0.1) is 18.9 Å². The van der Waals surface area contributed by atoms with E-state index in [1.54, 1.807) is 25.6 Å². The maximum absolute atomic E-state index is 12.7. The van der Waals surface area contributed by atoms with E-state index in [1.165, 1.54) is 6.42 Å². The molecule has 1 amide bonds. The van der Waals surface area contributed by atoms with Crippen LogP contribution in [0.15, 0.2) is 18.5 Å². The molecule has 1 aliphatic rings. The normalized spacial score (nSPS) is 14.8. The van der Waals surface area contributed by atoms with E-state index >= 15 is 0 Å². The van der Waals surface area contributed by atoms with Crippen LogP contribution in [0.5, 0.6) is 5.75 Å². The van der Waals surface area contributed by atoms with Crippen molar-refractivity contribution >= 4 is 21.8 Å². The van der Waals surface area contributed by atoms with Crippen LogP contribution in [-0.2, 0) is 0 Å². The Balaban J connectivity index is 2.17. The molecule has 0 aliphatic heterocycles. The van der Waals surface area contributed by atoms with Gasteiger partial charge in [0.15, 0.2) is 0 Å². The molecule has 0 unspecified atom stereocenters. The minimum Gasteiger partial charge on any atom is -0.494 e. The first-order chi connectivity index (χ1) is 9.27. The number of nitrogens with zero attached hydrogens (tertiary/aromatic N) is 2. The monoisotopic (exact) mass is 326 g/mol. The van der Waals surface area contributed by atoms with Gasteiger partial charge < -0.3 is 9.64 Å². The van der Waals surface area contributed by atoms with Crippen LogP contribution in [0.1, 0.15) is 36.0 Å². The molecule has 2 rings (SSSR count). The number of alkyl halides is 1. The molecule has 1 aromatic heterocycles. The molecule has 0 saturated heterocycles. The molecule has 0 N–H and O–H groups in total. The highest BCUT2D eigenvalue weighted by Crippen LogP contribution is 2.28. The molecule has 0 atom stereocenters. The fraction of sp³-hybridized carbons (Fsp3) is 0.571. The minimum absolute atomic E-state index is 0.0601. The van der Waals surface area contributed by atoms with Gasteiger partial charge in [-0.25, -0.2) is 0 Å². The van der Waals surface area contributed by atoms with Gasteiger partial charge in [-0.1, -0.05) is 15.9 Å². The maximum Gasteiger partial charge on any atom is 0.257 e. The number of pyridine rings is 1. The fourth-order valence-electron chi connectivity index (χ4n) is 2.25. The molecule has 0 bridgehead atoms. The van der Waals surface area contributed by atoms with Gasteiger partial charge >= 0.3 is 0 Å². The summed E-state index contributed by atoms with van der Waals surface area (Å²) in [5.74, 6) is 0.612. The van der Waals surface area contributed by atoms with Gasteiger partial charge in [-0.15, -0.1) is 0 Å². The van der Waals surface area contributed by atoms with Gasteiger partial charge in [-0.05, 0) is 31.7 Å². The van der Waals surface area contributed by atoms with Gasteiger partial charge in [-0.2, -0.15) is 0 Å². The van der Waals surface area contributed by atoms with Crippen molar-refractivity contribution in [2.24, 2.45) is 0 Å². The predicted octanol–water partition coefficient (Wildman–Crippen LogP) is 2.87. The zero-order valence-electron chi connectivity index (χ0n) is 11.1. The minimum atomic E-state index is 0.0601. The SMILES string of the molecule is COc1cnccc1C(=O)N(CCCBr)C1CCC1. The lowest BCUT2D eigenvalue weighted by Crippen LogP contribution is -2.45. The van der Waals surface area contributed by atoms with Crippen LogP contribution in [0.2, 0.25) is 0 Å². The van der Waals surface area contributed by atoms with Crippen LogP contribution in [-0.4, -0.2) is 40.8 Å². The third-order valence-corrected chi connectivity index (χ3v) is 4.10. The first-order valence-electron chi connectivity index (χ1n) is 6.63. The molecule has 4 nitrogen and oxygen atoms in total. The number of amides is 1. The summed E-state index contributed by atoms with van der Waals surface area (Å²) in [4.78, 5) is 18.7. The second-order valence-electron chi connectivity index (χ2n) is 4.70. The van der Waals surface area contributed by atoms with Gasteiger partial charge in [0, 0.05) is 24.1 Å². The molecule has 5 heteroatoms. The topological polar surface area (TPSA) is 42.4 Å². The number of methoxy groups -OCH3 is 1. The lowest BCUT2D eigenvalue weighted by Gasteiger charge is -2.37. The van der Waals surface area contributed by atoms with Crippen molar-refractivity contribution in [3.05, 3.63) is 24.0 Å². The predicted molar refractivity (Wildman–Crippen MR) is 77.9 cm³/mol.